The van der Waals surface area contributed by atoms with Crippen LogP contribution in [0.25, 0.3) is 5.32 Å². The predicted molar refractivity (Wildman–Crippen MR) is 24.7 cm³/mol. The second kappa shape index (κ2) is 4.89. The molecule has 0 bridgehead atoms. The molecule has 0 spiro atoms. The summed E-state index contributed by atoms with van der Waals surface area (Å²) in [4.78, 5) is 0. The summed E-state index contributed by atoms with van der Waals surface area (Å²) in [6, 6.07) is 0. The van der Waals surface area contributed by atoms with Crippen LogP contribution in [0.2, 0.25) is 0 Å². The maximum absolute atomic E-state index is 11.1. The van der Waals surface area contributed by atoms with Crippen LogP contribution in [0.5, 0.6) is 0 Å². The van der Waals surface area contributed by atoms with Crippen LogP contribution in [0.3, 0.4) is 0 Å². The first kappa shape index (κ1) is 5.89. The molecule has 0 heterocycles. The summed E-state index contributed by atoms with van der Waals surface area (Å²) in [7, 11) is 0. The van der Waals surface area contributed by atoms with Crippen molar-refractivity contribution in [3.05, 3.63) is 5.32 Å². The molecule has 0 atom stereocenters. The first-order valence-corrected chi connectivity index (χ1v) is 2.11. The summed E-state index contributed by atoms with van der Waals surface area (Å²) in [6.07, 6.45) is 0. The summed E-state index contributed by atoms with van der Waals surface area (Å²) in [5.74, 6) is 0. The molecule has 0 aliphatic heterocycles. The van der Waals surface area contributed by atoms with Crippen LogP contribution < -0.4 is 0 Å². The van der Waals surface area contributed by atoms with Crippen LogP contribution in [-0.2, 0) is 0 Å². The van der Waals surface area contributed by atoms with E-state index in [1.807, 2.05) is 6.92 Å². The molecule has 2 heteroatoms. The third-order valence-corrected chi connectivity index (χ3v) is 0.466. The van der Waals surface area contributed by atoms with Gasteiger partial charge in [0.25, 0.3) is 0 Å². The molecule has 0 aromatic heterocycles. The molecule has 1 nitrogen and oxygen atoms in total. The Morgan fingerprint density at radius 3 is 2.50 bits per heavy atom. The Kier molecular flexibility index (Phi) is 4.80. The average Bonchev–Trinajstić information content (AvgIpc) is 1.61. The van der Waals surface area contributed by atoms with Gasteiger partial charge in [0.1, 0.15) is 0 Å². The molecule has 0 unspecified atom stereocenters. The molecule has 6 heavy (non-hydrogen) atoms. The normalized spacial score (nSPS) is 9.00. The molecule has 0 amide bonds. The van der Waals surface area contributed by atoms with Gasteiger partial charge in [0.15, 0.2) is 0 Å². The van der Waals surface area contributed by atoms with E-state index in [4.69, 9.17) is 0 Å². The molecule has 0 saturated carbocycles. The zero-order chi connectivity index (χ0) is 4.83. The summed E-state index contributed by atoms with van der Waals surface area (Å²) in [6.45, 7) is 2.70. The van der Waals surface area contributed by atoms with Gasteiger partial charge in [0.2, 0.25) is 0 Å². The molecule has 0 saturated heterocycles. The van der Waals surface area contributed by atoms with Crippen LogP contribution >= 0.6 is 0 Å². The second-order valence-electron chi connectivity index (χ2n) is 0.952. The topological polar surface area (TPSA) is 14.1 Å². The van der Waals surface area contributed by atoms with E-state index in [-0.39, 0.29) is 6.67 Å². The van der Waals surface area contributed by atoms with E-state index >= 15 is 0 Å². The van der Waals surface area contributed by atoms with E-state index < -0.39 is 0 Å². The lowest BCUT2D eigenvalue weighted by molar-refractivity contribution is 0.514. The van der Waals surface area contributed by atoms with Crippen molar-refractivity contribution in [2.75, 3.05) is 19.8 Å². The number of rotatable bonds is 3. The third-order valence-electron chi connectivity index (χ3n) is 0.466. The average molecular weight is 90.1 g/mol. The Bertz CT molecular complexity index is 19.5. The van der Waals surface area contributed by atoms with Gasteiger partial charge in [0, 0.05) is 0 Å². The van der Waals surface area contributed by atoms with Gasteiger partial charge in [-0.2, -0.15) is 6.54 Å². The fourth-order valence-corrected chi connectivity index (χ4v) is 0.218. The van der Waals surface area contributed by atoms with Gasteiger partial charge in [0.05, 0.1) is 6.67 Å². The van der Waals surface area contributed by atoms with Crippen molar-refractivity contribution in [1.82, 2.24) is 0 Å². The van der Waals surface area contributed by atoms with Crippen molar-refractivity contribution in [1.29, 1.82) is 0 Å². The molecule has 0 aromatic carbocycles. The van der Waals surface area contributed by atoms with Crippen molar-refractivity contribution in [3.63, 3.8) is 0 Å². The number of hydrogen-bond acceptors (Lipinski definition) is 0. The van der Waals surface area contributed by atoms with E-state index in [0.29, 0.717) is 6.54 Å². The molecule has 0 aliphatic carbocycles. The Morgan fingerprint density at radius 1 is 1.67 bits per heavy atom. The third kappa shape index (κ3) is 3.89. The van der Waals surface area contributed by atoms with Crippen LogP contribution in [0.15, 0.2) is 0 Å². The van der Waals surface area contributed by atoms with Gasteiger partial charge in [-0.25, -0.2) is 0 Å². The zero-order valence-electron chi connectivity index (χ0n) is 3.95. The largest absolute Gasteiger partial charge is 0.660 e. The highest BCUT2D eigenvalue weighted by atomic mass is 19.1. The smallest absolute Gasteiger partial charge is 0.0707 e. The second-order valence-corrected chi connectivity index (χ2v) is 0.952. The maximum atomic E-state index is 11.1. The number of halogens is 1. The lowest BCUT2D eigenvalue weighted by Crippen LogP contribution is -1.84. The van der Waals surface area contributed by atoms with Gasteiger partial charge >= 0.3 is 0 Å². The number of nitrogens with zero attached hydrogens (tertiary/aromatic N) is 1. The lowest BCUT2D eigenvalue weighted by Gasteiger charge is -2.09. The Balaban J connectivity index is 2.34. The lowest BCUT2D eigenvalue weighted by atomic mass is 10.6. The van der Waals surface area contributed by atoms with Crippen molar-refractivity contribution in [2.45, 2.75) is 6.92 Å². The van der Waals surface area contributed by atoms with Crippen LogP contribution in [-0.4, -0.2) is 19.8 Å². The highest BCUT2D eigenvalue weighted by Crippen LogP contribution is 1.81. The van der Waals surface area contributed by atoms with Gasteiger partial charge in [-0.3, -0.25) is 4.39 Å². The van der Waals surface area contributed by atoms with E-state index in [1.54, 1.807) is 0 Å². The van der Waals surface area contributed by atoms with E-state index in [9.17, 15) is 4.39 Å². The molecular formula is C4H9FN-. The molecule has 0 N–H and O–H groups in total. The Hall–Kier alpha value is -0.110. The minimum Gasteiger partial charge on any atom is -0.660 e. The molecular weight excluding hydrogens is 81.0 g/mol. The minimum absolute atomic E-state index is 0.312. The van der Waals surface area contributed by atoms with Crippen molar-refractivity contribution >= 4 is 0 Å². The highest BCUT2D eigenvalue weighted by molar-refractivity contribution is 4.73. The SMILES string of the molecule is CC[N-]CCF. The molecule has 0 aromatic rings. The Morgan fingerprint density at radius 2 is 2.33 bits per heavy atom. The van der Waals surface area contributed by atoms with Gasteiger partial charge in [-0.05, 0) is 0 Å². The highest BCUT2D eigenvalue weighted by Gasteiger charge is 1.60. The summed E-state index contributed by atoms with van der Waals surface area (Å²) in [5.41, 5.74) is 0. The summed E-state index contributed by atoms with van der Waals surface area (Å²) in [5, 5.41) is 3.72. The van der Waals surface area contributed by atoms with Crippen molar-refractivity contribution in [2.24, 2.45) is 0 Å². The molecule has 0 aliphatic rings. The number of alkyl halides is 1. The van der Waals surface area contributed by atoms with E-state index in [0.717, 1.165) is 6.54 Å². The van der Waals surface area contributed by atoms with Crippen molar-refractivity contribution in [3.8, 4) is 0 Å². The van der Waals surface area contributed by atoms with Crippen LogP contribution in [0, 0.1) is 0 Å². The van der Waals surface area contributed by atoms with Gasteiger partial charge in [-0.15, -0.1) is 6.54 Å². The molecule has 38 valence electrons. The fraction of sp³-hybridized carbons (Fsp3) is 1.00. The van der Waals surface area contributed by atoms with Crippen molar-refractivity contribution < 1.29 is 4.39 Å². The maximum Gasteiger partial charge on any atom is 0.0707 e. The molecule has 0 fully saturated rings. The first-order chi connectivity index (χ1) is 2.91. The zero-order valence-corrected chi connectivity index (χ0v) is 3.95. The van der Waals surface area contributed by atoms with Crippen LogP contribution in [0.1, 0.15) is 6.92 Å². The van der Waals surface area contributed by atoms with Crippen LogP contribution in [0.4, 0.5) is 4.39 Å². The monoisotopic (exact) mass is 90.1 g/mol. The molecule has 0 rings (SSSR count). The van der Waals surface area contributed by atoms with Gasteiger partial charge < -0.3 is 5.32 Å². The number of hydrogen-bond donors (Lipinski definition) is 0. The fourth-order valence-electron chi connectivity index (χ4n) is 0.218. The summed E-state index contributed by atoms with van der Waals surface area (Å²) >= 11 is 0. The first-order valence-electron chi connectivity index (χ1n) is 2.11. The quantitative estimate of drug-likeness (QED) is 0.464. The summed E-state index contributed by atoms with van der Waals surface area (Å²) < 4.78 is 11.1. The standard InChI is InChI=1S/C4H9FN/c1-2-6-4-3-5/h2-4H2,1H3/q-1. The predicted octanol–water partition coefficient (Wildman–Crippen LogP) is 1.35. The Labute approximate surface area is 37.5 Å². The van der Waals surface area contributed by atoms with Gasteiger partial charge in [-0.1, -0.05) is 6.92 Å². The van der Waals surface area contributed by atoms with E-state index in [1.165, 1.54) is 0 Å². The molecule has 0 radical (unpaired) electrons. The minimum atomic E-state index is -0.312. The van der Waals surface area contributed by atoms with E-state index in [2.05, 4.69) is 5.32 Å².